The maximum atomic E-state index is 11.7. The van der Waals surface area contributed by atoms with Crippen molar-refractivity contribution >= 4 is 5.97 Å². The molecule has 0 radical (unpaired) electrons. The van der Waals surface area contributed by atoms with Gasteiger partial charge in [0.05, 0.1) is 23.9 Å². The summed E-state index contributed by atoms with van der Waals surface area (Å²) in [5, 5.41) is 0. The lowest BCUT2D eigenvalue weighted by atomic mass is 9.87. The van der Waals surface area contributed by atoms with Crippen molar-refractivity contribution in [3.8, 4) is 0 Å². The van der Waals surface area contributed by atoms with Crippen LogP contribution in [0.2, 0.25) is 0 Å². The molecule has 0 aliphatic heterocycles. The van der Waals surface area contributed by atoms with Crippen molar-refractivity contribution < 1.29 is 9.53 Å². The van der Waals surface area contributed by atoms with Gasteiger partial charge in [0, 0.05) is 18.3 Å². The molecular formula is C15H22N2O2. The predicted molar refractivity (Wildman–Crippen MR) is 72.9 cm³/mol. The van der Waals surface area contributed by atoms with Crippen LogP contribution in [-0.2, 0) is 9.53 Å². The summed E-state index contributed by atoms with van der Waals surface area (Å²) in [7, 11) is 0. The second-order valence-electron chi connectivity index (χ2n) is 5.18. The third-order valence-electron chi connectivity index (χ3n) is 3.78. The number of nitrogens with zero attached hydrogens (tertiary/aromatic N) is 2. The number of ether oxygens (including phenoxy) is 1. The number of carbonyl (C=O) groups excluding carboxylic acids is 1. The van der Waals surface area contributed by atoms with E-state index in [1.54, 1.807) is 6.20 Å². The molecule has 1 heterocycles. The molecule has 4 heteroatoms. The number of rotatable bonds is 4. The van der Waals surface area contributed by atoms with Crippen LogP contribution >= 0.6 is 0 Å². The monoisotopic (exact) mass is 262 g/mol. The number of esters is 1. The predicted octanol–water partition coefficient (Wildman–Crippen LogP) is 3.19. The molecule has 0 saturated heterocycles. The second kappa shape index (κ2) is 6.64. The van der Waals surface area contributed by atoms with Crippen LogP contribution in [-0.4, -0.2) is 22.5 Å². The Kier molecular flexibility index (Phi) is 4.88. The molecule has 1 saturated carbocycles. The van der Waals surface area contributed by atoms with Gasteiger partial charge in [-0.25, -0.2) is 0 Å². The second-order valence-corrected chi connectivity index (χ2v) is 5.18. The smallest absolute Gasteiger partial charge is 0.314 e. The van der Waals surface area contributed by atoms with Crippen LogP contribution in [0.25, 0.3) is 0 Å². The lowest BCUT2D eigenvalue weighted by Crippen LogP contribution is -2.16. The molecule has 4 nitrogen and oxygen atoms in total. The van der Waals surface area contributed by atoms with Gasteiger partial charge in [-0.05, 0) is 26.7 Å². The number of carbonyl (C=O) groups is 1. The Balaban J connectivity index is 2.11. The molecule has 0 N–H and O–H groups in total. The first-order chi connectivity index (χ1) is 9.22. The average Bonchev–Trinajstić information content (AvgIpc) is 2.48. The van der Waals surface area contributed by atoms with E-state index in [9.17, 15) is 4.79 Å². The van der Waals surface area contributed by atoms with Gasteiger partial charge in [0.2, 0.25) is 0 Å². The third kappa shape index (κ3) is 3.52. The Morgan fingerprint density at radius 2 is 2.11 bits per heavy atom. The van der Waals surface area contributed by atoms with Gasteiger partial charge in [-0.15, -0.1) is 0 Å². The highest BCUT2D eigenvalue weighted by atomic mass is 16.5. The largest absolute Gasteiger partial charge is 0.465 e. The quantitative estimate of drug-likeness (QED) is 0.782. The fourth-order valence-corrected chi connectivity index (χ4v) is 2.59. The van der Waals surface area contributed by atoms with Crippen molar-refractivity contribution in [3.05, 3.63) is 23.8 Å². The van der Waals surface area contributed by atoms with Crippen LogP contribution in [0.4, 0.5) is 0 Å². The normalized spacial score (nSPS) is 18.0. The van der Waals surface area contributed by atoms with Gasteiger partial charge in [0.15, 0.2) is 0 Å². The van der Waals surface area contributed by atoms with Gasteiger partial charge in [-0.3, -0.25) is 14.8 Å². The molecule has 1 atom stereocenters. The van der Waals surface area contributed by atoms with Gasteiger partial charge in [-0.2, -0.15) is 0 Å². The summed E-state index contributed by atoms with van der Waals surface area (Å²) in [6, 6.07) is 0. The SMILES string of the molecule is CCOC(=O)C(C)c1cncc(C2CCCCC2)n1. The van der Waals surface area contributed by atoms with Crippen LogP contribution in [0.5, 0.6) is 0 Å². The molecule has 0 bridgehead atoms. The lowest BCUT2D eigenvalue weighted by Gasteiger charge is -2.21. The van der Waals surface area contributed by atoms with Crippen LogP contribution < -0.4 is 0 Å². The van der Waals surface area contributed by atoms with Gasteiger partial charge in [-0.1, -0.05) is 19.3 Å². The first-order valence-corrected chi connectivity index (χ1v) is 7.20. The summed E-state index contributed by atoms with van der Waals surface area (Å²) in [5.41, 5.74) is 1.76. The summed E-state index contributed by atoms with van der Waals surface area (Å²) in [5.74, 6) is -0.0517. The van der Waals surface area contributed by atoms with Crippen LogP contribution in [0.15, 0.2) is 12.4 Å². The first-order valence-electron chi connectivity index (χ1n) is 7.20. The van der Waals surface area contributed by atoms with Gasteiger partial charge in [0.25, 0.3) is 0 Å². The highest BCUT2D eigenvalue weighted by molar-refractivity contribution is 5.76. The number of hydrogen-bond acceptors (Lipinski definition) is 4. The molecule has 0 amide bonds. The molecular weight excluding hydrogens is 240 g/mol. The zero-order valence-corrected chi connectivity index (χ0v) is 11.8. The fourth-order valence-electron chi connectivity index (χ4n) is 2.59. The molecule has 1 fully saturated rings. The highest BCUT2D eigenvalue weighted by Gasteiger charge is 2.21. The van der Waals surface area contributed by atoms with E-state index in [0.717, 1.165) is 11.4 Å². The van der Waals surface area contributed by atoms with Gasteiger partial charge < -0.3 is 4.74 Å². The molecule has 0 aromatic carbocycles. The Labute approximate surface area is 114 Å². The fraction of sp³-hybridized carbons (Fsp3) is 0.667. The zero-order valence-electron chi connectivity index (χ0n) is 11.8. The average molecular weight is 262 g/mol. The first kappa shape index (κ1) is 14.0. The number of hydrogen-bond donors (Lipinski definition) is 0. The van der Waals surface area contributed by atoms with Crippen molar-refractivity contribution in [1.82, 2.24) is 9.97 Å². The lowest BCUT2D eigenvalue weighted by molar-refractivity contribution is -0.144. The third-order valence-corrected chi connectivity index (χ3v) is 3.78. The van der Waals surface area contributed by atoms with E-state index in [-0.39, 0.29) is 11.9 Å². The molecule has 1 aliphatic carbocycles. The molecule has 104 valence electrons. The summed E-state index contributed by atoms with van der Waals surface area (Å²) in [6.07, 6.45) is 9.75. The van der Waals surface area contributed by atoms with E-state index in [1.807, 2.05) is 20.0 Å². The summed E-state index contributed by atoms with van der Waals surface area (Å²) >= 11 is 0. The van der Waals surface area contributed by atoms with E-state index in [1.165, 1.54) is 32.1 Å². The minimum Gasteiger partial charge on any atom is -0.465 e. The molecule has 2 rings (SSSR count). The molecule has 1 aliphatic rings. The van der Waals surface area contributed by atoms with E-state index in [2.05, 4.69) is 9.97 Å². The molecule has 1 unspecified atom stereocenters. The molecule has 1 aromatic heterocycles. The van der Waals surface area contributed by atoms with E-state index in [0.29, 0.717) is 12.5 Å². The van der Waals surface area contributed by atoms with Crippen LogP contribution in [0, 0.1) is 0 Å². The molecule has 1 aromatic rings. The van der Waals surface area contributed by atoms with Crippen molar-refractivity contribution in [2.45, 2.75) is 57.8 Å². The topological polar surface area (TPSA) is 52.1 Å². The highest BCUT2D eigenvalue weighted by Crippen LogP contribution is 2.31. The maximum Gasteiger partial charge on any atom is 0.314 e. The summed E-state index contributed by atoms with van der Waals surface area (Å²) < 4.78 is 5.04. The molecule has 0 spiro atoms. The Bertz CT molecular complexity index is 428. The standard InChI is InChI=1S/C15H22N2O2/c1-3-19-15(18)11(2)13-9-16-10-14(17-13)12-7-5-4-6-8-12/h9-12H,3-8H2,1-2H3. The molecule has 19 heavy (non-hydrogen) atoms. The van der Waals surface area contributed by atoms with Gasteiger partial charge in [0.1, 0.15) is 0 Å². The Hall–Kier alpha value is -1.45. The van der Waals surface area contributed by atoms with E-state index < -0.39 is 0 Å². The van der Waals surface area contributed by atoms with Crippen molar-refractivity contribution in [1.29, 1.82) is 0 Å². The summed E-state index contributed by atoms with van der Waals surface area (Å²) in [4.78, 5) is 20.6. The van der Waals surface area contributed by atoms with Crippen molar-refractivity contribution in [2.24, 2.45) is 0 Å². The van der Waals surface area contributed by atoms with E-state index >= 15 is 0 Å². The van der Waals surface area contributed by atoms with Gasteiger partial charge >= 0.3 is 5.97 Å². The van der Waals surface area contributed by atoms with Crippen LogP contribution in [0.1, 0.15) is 69.2 Å². The summed E-state index contributed by atoms with van der Waals surface area (Å²) in [6.45, 7) is 4.04. The maximum absolute atomic E-state index is 11.7. The van der Waals surface area contributed by atoms with Crippen molar-refractivity contribution in [3.63, 3.8) is 0 Å². The zero-order chi connectivity index (χ0) is 13.7. The van der Waals surface area contributed by atoms with Crippen LogP contribution in [0.3, 0.4) is 0 Å². The van der Waals surface area contributed by atoms with E-state index in [4.69, 9.17) is 4.74 Å². The minimum atomic E-state index is -0.337. The number of aromatic nitrogens is 2. The Morgan fingerprint density at radius 3 is 2.79 bits per heavy atom. The Morgan fingerprint density at radius 1 is 1.37 bits per heavy atom. The minimum absolute atomic E-state index is 0.224. The van der Waals surface area contributed by atoms with Crippen molar-refractivity contribution in [2.75, 3.05) is 6.61 Å².